The van der Waals surface area contributed by atoms with E-state index in [1.54, 1.807) is 23.0 Å². The summed E-state index contributed by atoms with van der Waals surface area (Å²) in [5.41, 5.74) is 1.48. The average Bonchev–Trinajstić information content (AvgIpc) is 3.44. The molecule has 3 heterocycles. The van der Waals surface area contributed by atoms with E-state index >= 15 is 0 Å². The molecule has 3 aromatic rings. The quantitative estimate of drug-likeness (QED) is 0.564. The van der Waals surface area contributed by atoms with Gasteiger partial charge in [-0.25, -0.2) is 14.2 Å². The summed E-state index contributed by atoms with van der Waals surface area (Å²) >= 11 is 0. The van der Waals surface area contributed by atoms with Crippen LogP contribution in [0.2, 0.25) is 0 Å². The number of amides is 2. The summed E-state index contributed by atoms with van der Waals surface area (Å²) in [6, 6.07) is 4.56. The zero-order valence-corrected chi connectivity index (χ0v) is 15.9. The number of urea groups is 1. The summed E-state index contributed by atoms with van der Waals surface area (Å²) < 4.78 is 27.3. The Hall–Kier alpha value is -3.40. The second-order valence-electron chi connectivity index (χ2n) is 6.39. The van der Waals surface area contributed by atoms with Crippen LogP contribution in [0.15, 0.2) is 41.2 Å². The highest BCUT2D eigenvalue weighted by Gasteiger charge is 2.24. The van der Waals surface area contributed by atoms with E-state index in [9.17, 15) is 9.18 Å². The maximum atomic E-state index is 14.5. The number of carbonyl (C=O) groups is 1. The van der Waals surface area contributed by atoms with Crippen molar-refractivity contribution in [1.29, 1.82) is 0 Å². The highest BCUT2D eigenvalue weighted by Crippen LogP contribution is 2.29. The first-order valence-electron chi connectivity index (χ1n) is 9.32. The van der Waals surface area contributed by atoms with Gasteiger partial charge in [-0.15, -0.1) is 0 Å². The van der Waals surface area contributed by atoms with E-state index in [1.807, 2.05) is 13.1 Å². The van der Waals surface area contributed by atoms with Gasteiger partial charge in [-0.05, 0) is 25.1 Å². The topological polar surface area (TPSA) is 97.5 Å². The Balaban J connectivity index is 1.44. The molecule has 1 aliphatic rings. The zero-order valence-electron chi connectivity index (χ0n) is 15.9. The van der Waals surface area contributed by atoms with E-state index in [0.29, 0.717) is 44.2 Å². The van der Waals surface area contributed by atoms with Crippen LogP contribution >= 0.6 is 0 Å². The minimum Gasteiger partial charge on any atom is -0.423 e. The third-order valence-corrected chi connectivity index (χ3v) is 4.44. The first-order valence-corrected chi connectivity index (χ1v) is 9.32. The maximum absolute atomic E-state index is 14.5. The number of benzene rings is 1. The maximum Gasteiger partial charge on any atom is 0.322 e. The average molecular weight is 400 g/mol. The summed E-state index contributed by atoms with van der Waals surface area (Å²) in [5, 5.41) is 9.91. The summed E-state index contributed by atoms with van der Waals surface area (Å²) in [6.07, 6.45) is 4.99. The minimum atomic E-state index is -0.499. The molecule has 10 heteroatoms. The fraction of sp³-hybridized carbons (Fsp3) is 0.316. The van der Waals surface area contributed by atoms with Crippen molar-refractivity contribution >= 4 is 23.4 Å². The van der Waals surface area contributed by atoms with Crippen LogP contribution in [0, 0.1) is 5.82 Å². The smallest absolute Gasteiger partial charge is 0.322 e. The normalized spacial score (nSPS) is 13.7. The summed E-state index contributed by atoms with van der Waals surface area (Å²) in [7, 11) is 0. The molecule has 0 unspecified atom stereocenters. The Morgan fingerprint density at radius 2 is 2.28 bits per heavy atom. The van der Waals surface area contributed by atoms with E-state index in [2.05, 4.69) is 20.7 Å². The second kappa shape index (κ2) is 8.31. The number of halogens is 1. The number of aromatic nitrogens is 3. The second-order valence-corrected chi connectivity index (χ2v) is 6.39. The number of nitrogens with one attached hydrogen (secondary N) is 2. The largest absolute Gasteiger partial charge is 0.423 e. The highest BCUT2D eigenvalue weighted by atomic mass is 19.1. The monoisotopic (exact) mass is 400 g/mol. The molecule has 1 fully saturated rings. The molecule has 2 N–H and O–H groups in total. The predicted molar refractivity (Wildman–Crippen MR) is 105 cm³/mol. The number of ether oxygens (including phenoxy) is 1. The summed E-state index contributed by atoms with van der Waals surface area (Å²) in [5.74, 6) is -0.0893. The van der Waals surface area contributed by atoms with E-state index in [0.717, 1.165) is 5.69 Å². The molecule has 0 atom stereocenters. The van der Waals surface area contributed by atoms with Crippen LogP contribution in [0.5, 0.6) is 0 Å². The van der Waals surface area contributed by atoms with Gasteiger partial charge >= 0.3 is 6.03 Å². The Bertz CT molecular complexity index is 1000. The van der Waals surface area contributed by atoms with Crippen molar-refractivity contribution in [3.05, 3.63) is 42.6 Å². The third-order valence-electron chi connectivity index (χ3n) is 4.44. The molecule has 4 rings (SSSR count). The van der Waals surface area contributed by atoms with Gasteiger partial charge in [0.25, 0.3) is 6.01 Å². The van der Waals surface area contributed by atoms with Gasteiger partial charge in [0.1, 0.15) is 5.82 Å². The molecule has 1 saturated heterocycles. The van der Waals surface area contributed by atoms with E-state index in [-0.39, 0.29) is 17.7 Å². The van der Waals surface area contributed by atoms with E-state index in [4.69, 9.17) is 9.15 Å². The van der Waals surface area contributed by atoms with Crippen molar-refractivity contribution in [1.82, 2.24) is 20.1 Å². The molecule has 0 radical (unpaired) electrons. The lowest BCUT2D eigenvalue weighted by Gasteiger charge is -2.15. The van der Waals surface area contributed by atoms with Gasteiger partial charge in [0.05, 0.1) is 36.9 Å². The highest BCUT2D eigenvalue weighted by molar-refractivity contribution is 5.94. The van der Waals surface area contributed by atoms with Crippen LogP contribution in [0.4, 0.5) is 26.6 Å². The summed E-state index contributed by atoms with van der Waals surface area (Å²) in [4.78, 5) is 17.3. The molecule has 2 amide bonds. The Morgan fingerprint density at radius 3 is 3.03 bits per heavy atom. The molecule has 1 aliphatic heterocycles. The fourth-order valence-corrected chi connectivity index (χ4v) is 3.02. The number of hydrogen-bond acceptors (Lipinski definition) is 6. The number of nitrogens with zero attached hydrogens (tertiary/aromatic N) is 4. The number of anilines is 3. The summed E-state index contributed by atoms with van der Waals surface area (Å²) in [6.45, 7) is 4.77. The van der Waals surface area contributed by atoms with E-state index < -0.39 is 5.82 Å². The standard InChI is InChI=1S/C19H21FN6O3/c1-2-28-8-7-25-12-14(10-23-25)24-18-22-11-17(29-18)13-3-4-16(15(20)9-13)26-6-5-21-19(26)27/h3-4,9-12H,2,5-8H2,1H3,(H,21,27)(H,22,24). The lowest BCUT2D eigenvalue weighted by molar-refractivity contribution is 0.136. The molecule has 29 heavy (non-hydrogen) atoms. The number of oxazole rings is 1. The molecule has 0 spiro atoms. The Morgan fingerprint density at radius 1 is 1.38 bits per heavy atom. The molecule has 0 saturated carbocycles. The van der Waals surface area contributed by atoms with Gasteiger partial charge in [-0.1, -0.05) is 0 Å². The fourth-order valence-electron chi connectivity index (χ4n) is 3.02. The zero-order chi connectivity index (χ0) is 20.2. The molecule has 0 bridgehead atoms. The number of carbonyl (C=O) groups excluding carboxylic acids is 1. The van der Waals surface area contributed by atoms with Crippen LogP contribution < -0.4 is 15.5 Å². The van der Waals surface area contributed by atoms with Crippen molar-refractivity contribution in [3.8, 4) is 11.3 Å². The molecule has 0 aliphatic carbocycles. The number of hydrogen-bond donors (Lipinski definition) is 2. The molecule has 2 aromatic heterocycles. The lowest BCUT2D eigenvalue weighted by atomic mass is 10.1. The SMILES string of the molecule is CCOCCn1cc(Nc2ncc(-c3ccc(N4CCNC4=O)c(F)c3)o2)cn1. The van der Waals surface area contributed by atoms with E-state index in [1.165, 1.54) is 17.2 Å². The van der Waals surface area contributed by atoms with Crippen LogP contribution in [0.25, 0.3) is 11.3 Å². The van der Waals surface area contributed by atoms with Gasteiger partial charge in [-0.3, -0.25) is 9.58 Å². The molecule has 9 nitrogen and oxygen atoms in total. The first-order chi connectivity index (χ1) is 14.1. The Kier molecular flexibility index (Phi) is 5.43. The number of rotatable bonds is 8. The Labute approximate surface area is 166 Å². The molecular weight excluding hydrogens is 379 g/mol. The minimum absolute atomic E-state index is 0.237. The van der Waals surface area contributed by atoms with Crippen molar-refractivity contribution in [2.45, 2.75) is 13.5 Å². The van der Waals surface area contributed by atoms with Crippen LogP contribution in [-0.4, -0.2) is 47.1 Å². The van der Waals surface area contributed by atoms with Gasteiger partial charge in [0.2, 0.25) is 0 Å². The van der Waals surface area contributed by atoms with Crippen LogP contribution in [-0.2, 0) is 11.3 Å². The van der Waals surface area contributed by atoms with Crippen molar-refractivity contribution in [3.63, 3.8) is 0 Å². The van der Waals surface area contributed by atoms with Crippen molar-refractivity contribution in [2.75, 3.05) is 36.5 Å². The van der Waals surface area contributed by atoms with Crippen molar-refractivity contribution < 1.29 is 18.3 Å². The third kappa shape index (κ3) is 4.21. The van der Waals surface area contributed by atoms with Gasteiger partial charge in [-0.2, -0.15) is 5.10 Å². The van der Waals surface area contributed by atoms with Crippen LogP contribution in [0.3, 0.4) is 0 Å². The molecular formula is C19H21FN6O3. The molecule has 152 valence electrons. The van der Waals surface area contributed by atoms with Crippen LogP contribution in [0.1, 0.15) is 6.92 Å². The van der Waals surface area contributed by atoms with Gasteiger partial charge in [0.15, 0.2) is 5.76 Å². The molecule has 1 aromatic carbocycles. The van der Waals surface area contributed by atoms with Gasteiger partial charge < -0.3 is 19.8 Å². The predicted octanol–water partition coefficient (Wildman–Crippen LogP) is 2.99. The first kappa shape index (κ1) is 18.9. The van der Waals surface area contributed by atoms with Gasteiger partial charge in [0, 0.05) is 31.5 Å². The van der Waals surface area contributed by atoms with Crippen molar-refractivity contribution in [2.24, 2.45) is 0 Å². The lowest BCUT2D eigenvalue weighted by Crippen LogP contribution is -2.28.